The quantitative estimate of drug-likeness (QED) is 0.624. The Morgan fingerprint density at radius 3 is 2.63 bits per heavy atom. The summed E-state index contributed by atoms with van der Waals surface area (Å²) >= 11 is 1.54. The topological polar surface area (TPSA) is 55.2 Å². The van der Waals surface area contributed by atoms with Crippen LogP contribution in [0.1, 0.15) is 36.3 Å². The van der Waals surface area contributed by atoms with Crippen LogP contribution in [-0.2, 0) is 24.3 Å². The summed E-state index contributed by atoms with van der Waals surface area (Å²) in [6, 6.07) is 10.1. The van der Waals surface area contributed by atoms with Crippen molar-refractivity contribution in [3.05, 3.63) is 63.0 Å². The van der Waals surface area contributed by atoms with Crippen molar-refractivity contribution in [1.82, 2.24) is 14.5 Å². The molecule has 0 spiro atoms. The second kappa shape index (κ2) is 8.48. The summed E-state index contributed by atoms with van der Waals surface area (Å²) in [5, 5.41) is 0.604. The number of carbonyl (C=O) groups is 1. The molecule has 0 atom stereocenters. The van der Waals surface area contributed by atoms with Gasteiger partial charge >= 0.3 is 0 Å². The van der Waals surface area contributed by atoms with Crippen molar-refractivity contribution in [2.75, 3.05) is 6.54 Å². The van der Waals surface area contributed by atoms with E-state index in [-0.39, 0.29) is 18.0 Å². The standard InChI is InChI=1S/C21H25N3O2S/c1-4-10-23(12-16-8-6-15(3)7-9-16)19(25)13-24-14-22-20-18(21(24)26)11-17(5-2)27-20/h6-9,11,14H,4-5,10,12-13H2,1-3H3. The zero-order valence-electron chi connectivity index (χ0n) is 16.1. The first-order valence-electron chi connectivity index (χ1n) is 9.33. The molecule has 142 valence electrons. The molecule has 0 saturated heterocycles. The molecule has 0 radical (unpaired) electrons. The van der Waals surface area contributed by atoms with Crippen LogP contribution >= 0.6 is 11.3 Å². The highest BCUT2D eigenvalue weighted by Gasteiger charge is 2.16. The van der Waals surface area contributed by atoms with Crippen LogP contribution in [0.15, 0.2) is 41.5 Å². The van der Waals surface area contributed by atoms with Crippen molar-refractivity contribution >= 4 is 27.5 Å². The highest BCUT2D eigenvalue weighted by molar-refractivity contribution is 7.18. The maximum atomic E-state index is 12.9. The number of carbonyl (C=O) groups excluding carboxylic acids is 1. The van der Waals surface area contributed by atoms with E-state index in [0.29, 0.717) is 18.5 Å². The monoisotopic (exact) mass is 383 g/mol. The first-order chi connectivity index (χ1) is 13.0. The average Bonchev–Trinajstić information content (AvgIpc) is 3.09. The smallest absolute Gasteiger partial charge is 0.262 e. The van der Waals surface area contributed by atoms with Crippen LogP contribution in [-0.4, -0.2) is 26.9 Å². The number of thiophene rings is 1. The van der Waals surface area contributed by atoms with Crippen LogP contribution in [0.4, 0.5) is 0 Å². The van der Waals surface area contributed by atoms with Crippen molar-refractivity contribution in [2.24, 2.45) is 0 Å². The van der Waals surface area contributed by atoms with Gasteiger partial charge in [0.25, 0.3) is 5.56 Å². The van der Waals surface area contributed by atoms with Crippen molar-refractivity contribution in [2.45, 2.75) is 46.7 Å². The fourth-order valence-corrected chi connectivity index (χ4v) is 3.94. The molecule has 0 N–H and O–H groups in total. The minimum Gasteiger partial charge on any atom is -0.337 e. The third kappa shape index (κ3) is 4.45. The van der Waals surface area contributed by atoms with Gasteiger partial charge in [-0.1, -0.05) is 43.7 Å². The van der Waals surface area contributed by atoms with Gasteiger partial charge in [0.1, 0.15) is 11.4 Å². The minimum atomic E-state index is -0.143. The maximum Gasteiger partial charge on any atom is 0.262 e. The normalized spacial score (nSPS) is 11.1. The second-order valence-corrected chi connectivity index (χ2v) is 7.88. The Kier molecular flexibility index (Phi) is 6.06. The molecule has 5 nitrogen and oxygen atoms in total. The van der Waals surface area contributed by atoms with Crippen molar-refractivity contribution in [3.63, 3.8) is 0 Å². The van der Waals surface area contributed by atoms with Crippen LogP contribution in [0.5, 0.6) is 0 Å². The van der Waals surface area contributed by atoms with Gasteiger partial charge in [-0.3, -0.25) is 14.2 Å². The Morgan fingerprint density at radius 1 is 1.22 bits per heavy atom. The van der Waals surface area contributed by atoms with Gasteiger partial charge in [0, 0.05) is 18.0 Å². The third-order valence-electron chi connectivity index (χ3n) is 4.56. The second-order valence-electron chi connectivity index (χ2n) is 6.76. The zero-order valence-corrected chi connectivity index (χ0v) is 16.9. The molecule has 1 amide bonds. The fraction of sp³-hybridized carbons (Fsp3) is 0.381. The van der Waals surface area contributed by atoms with E-state index >= 15 is 0 Å². The lowest BCUT2D eigenvalue weighted by atomic mass is 10.1. The van der Waals surface area contributed by atoms with Gasteiger partial charge in [0.2, 0.25) is 5.91 Å². The van der Waals surface area contributed by atoms with Crippen LogP contribution in [0, 0.1) is 6.92 Å². The first-order valence-corrected chi connectivity index (χ1v) is 10.1. The maximum absolute atomic E-state index is 12.9. The highest BCUT2D eigenvalue weighted by atomic mass is 32.1. The van der Waals surface area contributed by atoms with E-state index in [1.165, 1.54) is 27.8 Å². The van der Waals surface area contributed by atoms with Crippen LogP contribution in [0.25, 0.3) is 10.2 Å². The van der Waals surface area contributed by atoms with E-state index in [2.05, 4.69) is 11.9 Å². The molecule has 0 aliphatic rings. The lowest BCUT2D eigenvalue weighted by Gasteiger charge is -2.22. The fourth-order valence-electron chi connectivity index (χ4n) is 3.02. The molecule has 6 heteroatoms. The van der Waals surface area contributed by atoms with Gasteiger partial charge in [-0.25, -0.2) is 4.98 Å². The third-order valence-corrected chi connectivity index (χ3v) is 5.75. The Hall–Kier alpha value is -2.47. The van der Waals surface area contributed by atoms with Gasteiger partial charge in [-0.2, -0.15) is 0 Å². The van der Waals surface area contributed by atoms with E-state index in [1.807, 2.05) is 49.1 Å². The van der Waals surface area contributed by atoms with E-state index in [4.69, 9.17) is 0 Å². The van der Waals surface area contributed by atoms with Gasteiger partial charge in [-0.15, -0.1) is 11.3 Å². The lowest BCUT2D eigenvalue weighted by molar-refractivity contribution is -0.132. The average molecular weight is 384 g/mol. The summed E-state index contributed by atoms with van der Waals surface area (Å²) in [6.07, 6.45) is 3.24. The van der Waals surface area contributed by atoms with Gasteiger partial charge in [-0.05, 0) is 31.4 Å². The van der Waals surface area contributed by atoms with Crippen LogP contribution in [0.3, 0.4) is 0 Å². The first kappa shape index (κ1) is 19.3. The number of fused-ring (bicyclic) bond motifs is 1. The van der Waals surface area contributed by atoms with E-state index in [0.717, 1.165) is 28.1 Å². The molecule has 0 fully saturated rings. The number of hydrogen-bond acceptors (Lipinski definition) is 4. The van der Waals surface area contributed by atoms with E-state index in [9.17, 15) is 9.59 Å². The van der Waals surface area contributed by atoms with E-state index < -0.39 is 0 Å². The molecule has 27 heavy (non-hydrogen) atoms. The molecule has 0 saturated carbocycles. The Balaban J connectivity index is 1.80. The minimum absolute atomic E-state index is 0.0188. The van der Waals surface area contributed by atoms with Crippen molar-refractivity contribution in [1.29, 1.82) is 0 Å². The number of amides is 1. The van der Waals surface area contributed by atoms with Crippen LogP contribution < -0.4 is 5.56 Å². The molecular formula is C21H25N3O2S. The Labute approximate surface area is 163 Å². The zero-order chi connectivity index (χ0) is 19.4. The van der Waals surface area contributed by atoms with Gasteiger partial charge in [0.05, 0.1) is 11.7 Å². The molecule has 0 aliphatic carbocycles. The number of aryl methyl sites for hydroxylation is 2. The Bertz CT molecular complexity index is 989. The lowest BCUT2D eigenvalue weighted by Crippen LogP contribution is -2.36. The summed E-state index contributed by atoms with van der Waals surface area (Å²) in [5.74, 6) is -0.0633. The molecule has 1 aromatic carbocycles. The van der Waals surface area contributed by atoms with Crippen molar-refractivity contribution in [3.8, 4) is 0 Å². The number of benzene rings is 1. The van der Waals surface area contributed by atoms with Crippen LogP contribution in [0.2, 0.25) is 0 Å². The van der Waals surface area contributed by atoms with Gasteiger partial charge in [0.15, 0.2) is 0 Å². The molecule has 0 unspecified atom stereocenters. The summed E-state index contributed by atoms with van der Waals surface area (Å²) in [6.45, 7) is 7.38. The van der Waals surface area contributed by atoms with Crippen molar-refractivity contribution < 1.29 is 4.79 Å². The largest absolute Gasteiger partial charge is 0.337 e. The molecule has 2 heterocycles. The number of hydrogen-bond donors (Lipinski definition) is 0. The molecule has 3 rings (SSSR count). The highest BCUT2D eigenvalue weighted by Crippen LogP contribution is 2.21. The predicted molar refractivity (Wildman–Crippen MR) is 110 cm³/mol. The number of rotatable bonds is 7. The number of nitrogens with zero attached hydrogens (tertiary/aromatic N) is 3. The van der Waals surface area contributed by atoms with E-state index in [1.54, 1.807) is 0 Å². The predicted octanol–water partition coefficient (Wildman–Crippen LogP) is 3.77. The number of aromatic nitrogens is 2. The molecule has 2 aromatic heterocycles. The molecule has 3 aromatic rings. The molecular weight excluding hydrogens is 358 g/mol. The molecule has 0 aliphatic heterocycles. The summed E-state index contributed by atoms with van der Waals surface area (Å²) in [5.41, 5.74) is 2.14. The Morgan fingerprint density at radius 2 is 1.96 bits per heavy atom. The molecule has 0 bridgehead atoms. The summed E-state index contributed by atoms with van der Waals surface area (Å²) in [4.78, 5) is 33.6. The SMILES string of the molecule is CCCN(Cc1ccc(C)cc1)C(=O)Cn1cnc2sc(CC)cc2c1=O. The summed E-state index contributed by atoms with van der Waals surface area (Å²) in [7, 11) is 0. The van der Waals surface area contributed by atoms with Gasteiger partial charge < -0.3 is 4.90 Å². The summed E-state index contributed by atoms with van der Waals surface area (Å²) < 4.78 is 1.43.